The van der Waals surface area contributed by atoms with Gasteiger partial charge in [-0.1, -0.05) is 12.1 Å². The standard InChI is InChI=1S/C14H17NO3S/c1-9-3-4-10(11(7-9)19-2)8-15-12(16)14(5-6-14)13(17)18/h3-4,7H,5-6,8H2,1-2H3,(H,15,16)(H,17,18). The smallest absolute Gasteiger partial charge is 0.319 e. The van der Waals surface area contributed by atoms with Crippen molar-refractivity contribution < 1.29 is 14.7 Å². The van der Waals surface area contributed by atoms with Crippen LogP contribution in [0.25, 0.3) is 0 Å². The fourth-order valence-corrected chi connectivity index (χ4v) is 2.71. The van der Waals surface area contributed by atoms with E-state index in [0.29, 0.717) is 19.4 Å². The van der Waals surface area contributed by atoms with Gasteiger partial charge in [-0.3, -0.25) is 9.59 Å². The molecule has 0 unspecified atom stereocenters. The van der Waals surface area contributed by atoms with Gasteiger partial charge in [-0.05, 0) is 43.2 Å². The number of benzene rings is 1. The SMILES string of the molecule is CSc1cc(C)ccc1CNC(=O)C1(C(=O)O)CC1. The van der Waals surface area contributed by atoms with Gasteiger partial charge in [-0.2, -0.15) is 0 Å². The number of aliphatic carboxylic acids is 1. The van der Waals surface area contributed by atoms with Crippen LogP contribution in [0, 0.1) is 12.3 Å². The third kappa shape index (κ3) is 2.76. The highest BCUT2D eigenvalue weighted by molar-refractivity contribution is 7.98. The number of hydrogen-bond acceptors (Lipinski definition) is 3. The molecule has 0 radical (unpaired) electrons. The maximum absolute atomic E-state index is 11.9. The predicted octanol–water partition coefficient (Wildman–Crippen LogP) is 2.20. The van der Waals surface area contributed by atoms with E-state index in [9.17, 15) is 9.59 Å². The molecular formula is C14H17NO3S. The Kier molecular flexibility index (Phi) is 3.85. The average molecular weight is 279 g/mol. The third-order valence-electron chi connectivity index (χ3n) is 3.48. The molecule has 0 bridgehead atoms. The maximum atomic E-state index is 11.9. The topological polar surface area (TPSA) is 66.4 Å². The highest BCUT2D eigenvalue weighted by atomic mass is 32.2. The van der Waals surface area contributed by atoms with Crippen LogP contribution in [0.5, 0.6) is 0 Å². The van der Waals surface area contributed by atoms with Gasteiger partial charge in [0, 0.05) is 11.4 Å². The number of carboxylic acids is 1. The highest BCUT2D eigenvalue weighted by Crippen LogP contribution is 2.46. The van der Waals surface area contributed by atoms with Crippen molar-refractivity contribution in [3.63, 3.8) is 0 Å². The zero-order valence-corrected chi connectivity index (χ0v) is 11.8. The summed E-state index contributed by atoms with van der Waals surface area (Å²) in [6, 6.07) is 6.03. The fraction of sp³-hybridized carbons (Fsp3) is 0.429. The average Bonchev–Trinajstić information content (AvgIpc) is 3.18. The van der Waals surface area contributed by atoms with Crippen molar-refractivity contribution in [2.75, 3.05) is 6.26 Å². The van der Waals surface area contributed by atoms with Gasteiger partial charge in [-0.25, -0.2) is 0 Å². The molecule has 5 heteroatoms. The van der Waals surface area contributed by atoms with Crippen LogP contribution in [-0.4, -0.2) is 23.2 Å². The van der Waals surface area contributed by atoms with E-state index in [1.807, 2.05) is 25.3 Å². The van der Waals surface area contributed by atoms with Crippen LogP contribution in [0.1, 0.15) is 24.0 Å². The van der Waals surface area contributed by atoms with E-state index in [4.69, 9.17) is 5.11 Å². The monoisotopic (exact) mass is 279 g/mol. The van der Waals surface area contributed by atoms with E-state index in [1.165, 1.54) is 5.56 Å². The summed E-state index contributed by atoms with van der Waals surface area (Å²) in [4.78, 5) is 24.1. The second-order valence-electron chi connectivity index (χ2n) is 4.89. The number of aryl methyl sites for hydroxylation is 1. The molecule has 1 aliphatic carbocycles. The number of hydrogen-bond donors (Lipinski definition) is 2. The molecule has 0 atom stereocenters. The van der Waals surface area contributed by atoms with Crippen LogP contribution in [-0.2, 0) is 16.1 Å². The molecule has 0 spiro atoms. The molecular weight excluding hydrogens is 262 g/mol. The Balaban J connectivity index is 2.03. The minimum atomic E-state index is -1.16. The molecule has 4 nitrogen and oxygen atoms in total. The Bertz CT molecular complexity index is 523. The second-order valence-corrected chi connectivity index (χ2v) is 5.73. The molecule has 1 aliphatic rings. The van der Waals surface area contributed by atoms with E-state index >= 15 is 0 Å². The van der Waals surface area contributed by atoms with Crippen molar-refractivity contribution in [2.45, 2.75) is 31.2 Å². The van der Waals surface area contributed by atoms with Crippen molar-refractivity contribution in [3.8, 4) is 0 Å². The van der Waals surface area contributed by atoms with Crippen LogP contribution in [0.15, 0.2) is 23.1 Å². The molecule has 1 saturated carbocycles. The lowest BCUT2D eigenvalue weighted by atomic mass is 10.1. The number of carbonyl (C=O) groups is 2. The lowest BCUT2D eigenvalue weighted by Crippen LogP contribution is -2.36. The molecule has 1 aromatic carbocycles. The number of carbonyl (C=O) groups excluding carboxylic acids is 1. The van der Waals surface area contributed by atoms with Gasteiger partial charge >= 0.3 is 5.97 Å². The molecule has 2 N–H and O–H groups in total. The molecule has 0 aromatic heterocycles. The Hall–Kier alpha value is -1.49. The van der Waals surface area contributed by atoms with Gasteiger partial charge in [0.1, 0.15) is 5.41 Å². The van der Waals surface area contributed by atoms with Crippen LogP contribution in [0.2, 0.25) is 0 Å². The third-order valence-corrected chi connectivity index (χ3v) is 4.30. The molecule has 1 fully saturated rings. The summed E-state index contributed by atoms with van der Waals surface area (Å²) >= 11 is 1.62. The van der Waals surface area contributed by atoms with Gasteiger partial charge in [0.2, 0.25) is 5.91 Å². The van der Waals surface area contributed by atoms with Crippen LogP contribution >= 0.6 is 11.8 Å². The Morgan fingerprint density at radius 2 is 2.11 bits per heavy atom. The number of amides is 1. The summed E-state index contributed by atoms with van der Waals surface area (Å²) < 4.78 is 0. The van der Waals surface area contributed by atoms with Crippen LogP contribution in [0.3, 0.4) is 0 Å². The van der Waals surface area contributed by atoms with E-state index in [0.717, 1.165) is 10.5 Å². The lowest BCUT2D eigenvalue weighted by molar-refractivity contribution is -0.149. The van der Waals surface area contributed by atoms with Crippen molar-refractivity contribution in [1.82, 2.24) is 5.32 Å². The first-order valence-corrected chi connectivity index (χ1v) is 7.37. The maximum Gasteiger partial charge on any atom is 0.319 e. The van der Waals surface area contributed by atoms with Crippen LogP contribution in [0.4, 0.5) is 0 Å². The van der Waals surface area contributed by atoms with Crippen molar-refractivity contribution in [3.05, 3.63) is 29.3 Å². The number of thioether (sulfide) groups is 1. The van der Waals surface area contributed by atoms with Crippen molar-refractivity contribution in [2.24, 2.45) is 5.41 Å². The Labute approximate surface area is 116 Å². The molecule has 102 valence electrons. The zero-order valence-electron chi connectivity index (χ0n) is 11.0. The predicted molar refractivity (Wildman–Crippen MR) is 74.1 cm³/mol. The molecule has 0 aliphatic heterocycles. The summed E-state index contributed by atoms with van der Waals surface area (Å²) in [5, 5.41) is 11.8. The summed E-state index contributed by atoms with van der Waals surface area (Å²) in [6.07, 6.45) is 2.87. The molecule has 2 rings (SSSR count). The second kappa shape index (κ2) is 5.25. The fourth-order valence-electron chi connectivity index (χ4n) is 2.01. The summed E-state index contributed by atoms with van der Waals surface area (Å²) in [5.41, 5.74) is 1.03. The summed E-state index contributed by atoms with van der Waals surface area (Å²) in [6.45, 7) is 2.40. The van der Waals surface area contributed by atoms with Gasteiger partial charge in [-0.15, -0.1) is 11.8 Å². The zero-order chi connectivity index (χ0) is 14.0. The van der Waals surface area contributed by atoms with Crippen LogP contribution < -0.4 is 5.32 Å². The first-order valence-electron chi connectivity index (χ1n) is 6.15. The van der Waals surface area contributed by atoms with Crippen molar-refractivity contribution in [1.29, 1.82) is 0 Å². The molecule has 0 saturated heterocycles. The highest BCUT2D eigenvalue weighted by Gasteiger charge is 2.56. The van der Waals surface area contributed by atoms with Gasteiger partial charge in [0.25, 0.3) is 0 Å². The molecule has 1 amide bonds. The first-order chi connectivity index (χ1) is 8.99. The van der Waals surface area contributed by atoms with Gasteiger partial charge < -0.3 is 10.4 Å². The normalized spacial score (nSPS) is 15.9. The van der Waals surface area contributed by atoms with Crippen molar-refractivity contribution >= 4 is 23.6 Å². The minimum Gasteiger partial charge on any atom is -0.480 e. The quantitative estimate of drug-likeness (QED) is 0.640. The molecule has 0 heterocycles. The van der Waals surface area contributed by atoms with Gasteiger partial charge in [0.05, 0.1) is 0 Å². The first kappa shape index (κ1) is 13.9. The number of rotatable bonds is 5. The van der Waals surface area contributed by atoms with E-state index in [1.54, 1.807) is 11.8 Å². The van der Waals surface area contributed by atoms with Gasteiger partial charge in [0.15, 0.2) is 0 Å². The number of carboxylic acid groups (broad SMARTS) is 1. The van der Waals surface area contributed by atoms with E-state index in [2.05, 4.69) is 11.4 Å². The summed E-state index contributed by atoms with van der Waals surface area (Å²) in [7, 11) is 0. The van der Waals surface area contributed by atoms with E-state index in [-0.39, 0.29) is 5.91 Å². The molecule has 1 aromatic rings. The van der Waals surface area contributed by atoms with E-state index < -0.39 is 11.4 Å². The molecule has 19 heavy (non-hydrogen) atoms. The summed E-state index contributed by atoms with van der Waals surface area (Å²) in [5.74, 6) is -1.38. The largest absolute Gasteiger partial charge is 0.480 e. The Morgan fingerprint density at radius 3 is 2.63 bits per heavy atom. The number of nitrogens with one attached hydrogen (secondary N) is 1. The Morgan fingerprint density at radius 1 is 1.42 bits per heavy atom. The minimum absolute atomic E-state index is 0.368. The lowest BCUT2D eigenvalue weighted by Gasteiger charge is -2.13.